The van der Waals surface area contributed by atoms with Crippen molar-refractivity contribution >= 4 is 11.9 Å². The highest BCUT2D eigenvalue weighted by molar-refractivity contribution is 5.94. The van der Waals surface area contributed by atoms with E-state index in [1.807, 2.05) is 24.3 Å². The minimum absolute atomic E-state index is 0.196. The molecule has 15 heavy (non-hydrogen) atoms. The van der Waals surface area contributed by atoms with E-state index in [9.17, 15) is 9.59 Å². The van der Waals surface area contributed by atoms with E-state index in [0.29, 0.717) is 19.4 Å². The zero-order valence-electron chi connectivity index (χ0n) is 8.27. The smallest absolute Gasteiger partial charge is 0.321 e. The molecular formula is C11H12N2O2. The molecule has 1 heterocycles. The Hall–Kier alpha value is -1.84. The number of imide groups is 1. The maximum absolute atomic E-state index is 11.5. The van der Waals surface area contributed by atoms with E-state index in [0.717, 1.165) is 16.0 Å². The number of benzene rings is 1. The van der Waals surface area contributed by atoms with Crippen molar-refractivity contribution in [2.45, 2.75) is 19.4 Å². The molecule has 0 bridgehead atoms. The molecule has 2 rings (SSSR count). The van der Waals surface area contributed by atoms with Gasteiger partial charge in [0.1, 0.15) is 0 Å². The second-order valence-corrected chi connectivity index (χ2v) is 3.59. The largest absolute Gasteiger partial charge is 0.351 e. The Balaban J connectivity index is 2.35. The highest BCUT2D eigenvalue weighted by Gasteiger charge is 2.23. The second kappa shape index (κ2) is 3.73. The second-order valence-electron chi connectivity index (χ2n) is 3.59. The molecule has 78 valence electrons. The van der Waals surface area contributed by atoms with Gasteiger partial charge in [0.05, 0.1) is 6.54 Å². The molecule has 0 unspecified atom stereocenters. The quantitative estimate of drug-likeness (QED) is 0.686. The molecule has 1 aromatic rings. The molecule has 0 saturated heterocycles. The van der Waals surface area contributed by atoms with Crippen LogP contribution in [0.5, 0.6) is 0 Å². The van der Waals surface area contributed by atoms with E-state index in [1.54, 1.807) is 0 Å². The van der Waals surface area contributed by atoms with Crippen molar-refractivity contribution in [3.63, 3.8) is 0 Å². The van der Waals surface area contributed by atoms with Crippen LogP contribution in [0.1, 0.15) is 17.5 Å². The van der Waals surface area contributed by atoms with Gasteiger partial charge in [0.25, 0.3) is 0 Å². The normalized spacial score (nSPS) is 15.7. The standard InChI is InChI=1S/C11H12N2O2/c12-11(15)13-7-9-4-2-1-3-8(9)5-6-10(13)14/h1-4H,5-7H2,(H2,12,15). The van der Waals surface area contributed by atoms with Crippen molar-refractivity contribution in [2.75, 3.05) is 0 Å². The summed E-state index contributed by atoms with van der Waals surface area (Å²) in [5.41, 5.74) is 7.27. The molecule has 0 aliphatic carbocycles. The molecule has 1 aliphatic heterocycles. The van der Waals surface area contributed by atoms with Gasteiger partial charge in [-0.1, -0.05) is 24.3 Å². The van der Waals surface area contributed by atoms with Gasteiger partial charge in [-0.3, -0.25) is 9.69 Å². The first-order valence-corrected chi connectivity index (χ1v) is 4.85. The van der Waals surface area contributed by atoms with Gasteiger partial charge < -0.3 is 5.73 Å². The van der Waals surface area contributed by atoms with Crippen molar-refractivity contribution < 1.29 is 9.59 Å². The zero-order valence-corrected chi connectivity index (χ0v) is 8.27. The van der Waals surface area contributed by atoms with Crippen molar-refractivity contribution in [3.8, 4) is 0 Å². The number of hydrogen-bond acceptors (Lipinski definition) is 2. The number of hydrogen-bond donors (Lipinski definition) is 1. The summed E-state index contributed by atoms with van der Waals surface area (Å²) in [6.07, 6.45) is 1.03. The Kier molecular flexibility index (Phi) is 2.41. The number of nitrogens with two attached hydrogens (primary N) is 1. The zero-order chi connectivity index (χ0) is 10.8. The summed E-state index contributed by atoms with van der Waals surface area (Å²) in [5, 5.41) is 0. The van der Waals surface area contributed by atoms with Gasteiger partial charge in [-0.2, -0.15) is 0 Å². The summed E-state index contributed by atoms with van der Waals surface area (Å²) in [6, 6.07) is 7.06. The average molecular weight is 204 g/mol. The first-order valence-electron chi connectivity index (χ1n) is 4.85. The maximum Gasteiger partial charge on any atom is 0.321 e. The molecule has 0 radical (unpaired) electrons. The van der Waals surface area contributed by atoms with Gasteiger partial charge in [0.2, 0.25) is 5.91 Å². The minimum atomic E-state index is -0.670. The number of nitrogens with zero attached hydrogens (tertiary/aromatic N) is 1. The Morgan fingerprint density at radius 2 is 1.87 bits per heavy atom. The lowest BCUT2D eigenvalue weighted by molar-refractivity contribution is -0.128. The average Bonchev–Trinajstić information content (AvgIpc) is 2.39. The van der Waals surface area contributed by atoms with Crippen LogP contribution in [-0.2, 0) is 17.8 Å². The van der Waals surface area contributed by atoms with Gasteiger partial charge in [-0.05, 0) is 17.5 Å². The van der Waals surface area contributed by atoms with Crippen LogP contribution in [0.15, 0.2) is 24.3 Å². The minimum Gasteiger partial charge on any atom is -0.351 e. The molecule has 0 aromatic heterocycles. The summed E-state index contributed by atoms with van der Waals surface area (Å²) in [6.45, 7) is 0.296. The SMILES string of the molecule is NC(=O)N1Cc2ccccc2CCC1=O. The molecule has 4 nitrogen and oxygen atoms in total. The number of carbonyl (C=O) groups is 2. The van der Waals surface area contributed by atoms with E-state index in [4.69, 9.17) is 5.73 Å². The molecule has 0 spiro atoms. The Morgan fingerprint density at radius 3 is 2.53 bits per heavy atom. The molecule has 0 saturated carbocycles. The number of amides is 3. The fraction of sp³-hybridized carbons (Fsp3) is 0.273. The number of fused-ring (bicyclic) bond motifs is 1. The molecule has 2 N–H and O–H groups in total. The highest BCUT2D eigenvalue weighted by atomic mass is 16.2. The topological polar surface area (TPSA) is 63.4 Å². The summed E-state index contributed by atoms with van der Waals surface area (Å²) in [7, 11) is 0. The molecule has 1 aliphatic rings. The summed E-state index contributed by atoms with van der Waals surface area (Å²) < 4.78 is 0. The number of aryl methyl sites for hydroxylation is 1. The Labute approximate surface area is 87.7 Å². The van der Waals surface area contributed by atoms with Crippen LogP contribution in [0, 0.1) is 0 Å². The first kappa shape index (κ1) is 9.71. The molecule has 0 fully saturated rings. The van der Waals surface area contributed by atoms with Gasteiger partial charge in [0.15, 0.2) is 0 Å². The van der Waals surface area contributed by atoms with Crippen LogP contribution in [-0.4, -0.2) is 16.8 Å². The maximum atomic E-state index is 11.5. The number of carbonyl (C=O) groups excluding carboxylic acids is 2. The van der Waals surface area contributed by atoms with Crippen molar-refractivity contribution in [1.82, 2.24) is 4.90 Å². The fourth-order valence-electron chi connectivity index (χ4n) is 1.79. The summed E-state index contributed by atoms with van der Waals surface area (Å²) in [4.78, 5) is 23.7. The third-order valence-corrected chi connectivity index (χ3v) is 2.62. The Bertz CT molecular complexity index is 415. The third-order valence-electron chi connectivity index (χ3n) is 2.62. The van der Waals surface area contributed by atoms with Gasteiger partial charge >= 0.3 is 6.03 Å². The molecule has 1 aromatic carbocycles. The van der Waals surface area contributed by atoms with Crippen LogP contribution in [0.3, 0.4) is 0 Å². The van der Waals surface area contributed by atoms with E-state index < -0.39 is 6.03 Å². The number of rotatable bonds is 0. The molecule has 0 atom stereocenters. The van der Waals surface area contributed by atoms with Crippen LogP contribution in [0.4, 0.5) is 4.79 Å². The fourth-order valence-corrected chi connectivity index (χ4v) is 1.79. The van der Waals surface area contributed by atoms with E-state index in [-0.39, 0.29) is 5.91 Å². The summed E-state index contributed by atoms with van der Waals surface area (Å²) >= 11 is 0. The van der Waals surface area contributed by atoms with Gasteiger partial charge in [0, 0.05) is 6.42 Å². The van der Waals surface area contributed by atoms with Crippen molar-refractivity contribution in [2.24, 2.45) is 5.73 Å². The first-order chi connectivity index (χ1) is 7.18. The van der Waals surface area contributed by atoms with Crippen LogP contribution < -0.4 is 5.73 Å². The van der Waals surface area contributed by atoms with Crippen LogP contribution in [0.2, 0.25) is 0 Å². The third kappa shape index (κ3) is 1.83. The van der Waals surface area contributed by atoms with Gasteiger partial charge in [-0.25, -0.2) is 4.79 Å². The number of urea groups is 1. The predicted octanol–water partition coefficient (Wildman–Crippen LogP) is 1.04. The van der Waals surface area contributed by atoms with Crippen molar-refractivity contribution in [3.05, 3.63) is 35.4 Å². The molecular weight excluding hydrogens is 192 g/mol. The van der Waals surface area contributed by atoms with Gasteiger partial charge in [-0.15, -0.1) is 0 Å². The van der Waals surface area contributed by atoms with Crippen molar-refractivity contribution in [1.29, 1.82) is 0 Å². The monoisotopic (exact) mass is 204 g/mol. The summed E-state index contributed by atoms with van der Waals surface area (Å²) in [5.74, 6) is -0.196. The number of primary amides is 1. The lowest BCUT2D eigenvalue weighted by atomic mass is 10.0. The lowest BCUT2D eigenvalue weighted by Gasteiger charge is -2.15. The predicted molar refractivity (Wildman–Crippen MR) is 54.9 cm³/mol. The van der Waals surface area contributed by atoms with E-state index in [2.05, 4.69) is 0 Å². The van der Waals surface area contributed by atoms with Crippen LogP contribution in [0.25, 0.3) is 0 Å². The van der Waals surface area contributed by atoms with E-state index >= 15 is 0 Å². The van der Waals surface area contributed by atoms with Crippen LogP contribution >= 0.6 is 0 Å². The lowest BCUT2D eigenvalue weighted by Crippen LogP contribution is -2.39. The molecule has 3 amide bonds. The molecule has 4 heteroatoms. The Morgan fingerprint density at radius 1 is 1.20 bits per heavy atom. The highest BCUT2D eigenvalue weighted by Crippen LogP contribution is 2.18. The van der Waals surface area contributed by atoms with E-state index in [1.165, 1.54) is 0 Å².